The standard InChI is InChI=1S/C6H10N2/c1-3-6(4-2)8-5-7/h3,6-7H,1,4H2,2H3. The highest BCUT2D eigenvalue weighted by molar-refractivity contribution is 5.36. The Hall–Kier alpha value is -0.880. The van der Waals surface area contributed by atoms with Crippen molar-refractivity contribution in [2.75, 3.05) is 0 Å². The van der Waals surface area contributed by atoms with Gasteiger partial charge in [0.25, 0.3) is 0 Å². The molecule has 0 saturated heterocycles. The summed E-state index contributed by atoms with van der Waals surface area (Å²) in [6.45, 7) is 5.53. The largest absolute Gasteiger partial charge is 0.242 e. The number of aliphatic imine (C=N–C) groups is 1. The second kappa shape index (κ2) is 4.28. The Labute approximate surface area is 49.5 Å². The van der Waals surface area contributed by atoms with Crippen LogP contribution in [-0.4, -0.2) is 12.1 Å². The van der Waals surface area contributed by atoms with E-state index in [0.29, 0.717) is 0 Å². The average molecular weight is 110 g/mol. The lowest BCUT2D eigenvalue weighted by Gasteiger charge is -1.95. The van der Waals surface area contributed by atoms with Gasteiger partial charge in [-0.15, -0.1) is 6.58 Å². The Morgan fingerprint density at radius 2 is 2.62 bits per heavy atom. The lowest BCUT2D eigenvalue weighted by molar-refractivity contribution is 0.790. The highest BCUT2D eigenvalue weighted by Gasteiger charge is 1.91. The summed E-state index contributed by atoms with van der Waals surface area (Å²) < 4.78 is 0. The monoisotopic (exact) mass is 110 g/mol. The minimum atomic E-state index is 0.0903. The number of hydrogen-bond acceptors (Lipinski definition) is 2. The van der Waals surface area contributed by atoms with Crippen molar-refractivity contribution in [3.05, 3.63) is 12.7 Å². The fourth-order valence-electron chi connectivity index (χ4n) is 0.394. The number of nitrogens with one attached hydrogen (secondary N) is 1. The van der Waals surface area contributed by atoms with Gasteiger partial charge in [0.15, 0.2) is 0 Å². The summed E-state index contributed by atoms with van der Waals surface area (Å²) in [6.07, 6.45) is 2.61. The summed E-state index contributed by atoms with van der Waals surface area (Å²) in [5.74, 6) is 0. The highest BCUT2D eigenvalue weighted by atomic mass is 14.8. The van der Waals surface area contributed by atoms with Crippen LogP contribution in [0.1, 0.15) is 13.3 Å². The van der Waals surface area contributed by atoms with Crippen molar-refractivity contribution in [3.63, 3.8) is 0 Å². The van der Waals surface area contributed by atoms with Crippen LogP contribution in [0.4, 0.5) is 0 Å². The molecule has 0 aliphatic heterocycles. The van der Waals surface area contributed by atoms with Crippen LogP contribution in [0, 0.1) is 5.41 Å². The van der Waals surface area contributed by atoms with Gasteiger partial charge in [-0.25, -0.2) is 10.4 Å². The molecule has 2 nitrogen and oxygen atoms in total. The van der Waals surface area contributed by atoms with Gasteiger partial charge in [-0.3, -0.25) is 0 Å². The van der Waals surface area contributed by atoms with Gasteiger partial charge in [0.2, 0.25) is 0 Å². The molecule has 0 aromatic carbocycles. The molecule has 1 N–H and O–H groups in total. The summed E-state index contributed by atoms with van der Waals surface area (Å²) >= 11 is 0. The van der Waals surface area contributed by atoms with Gasteiger partial charge in [-0.1, -0.05) is 13.0 Å². The average Bonchev–Trinajstić information content (AvgIpc) is 1.83. The molecule has 0 fully saturated rings. The molecule has 0 aromatic rings. The lowest BCUT2D eigenvalue weighted by Crippen LogP contribution is -1.94. The maximum atomic E-state index is 6.48. The predicted molar refractivity (Wildman–Crippen MR) is 34.4 cm³/mol. The van der Waals surface area contributed by atoms with Crippen LogP contribution in [0.2, 0.25) is 0 Å². The van der Waals surface area contributed by atoms with E-state index in [2.05, 4.69) is 11.6 Å². The van der Waals surface area contributed by atoms with Gasteiger partial charge in [0, 0.05) is 0 Å². The normalized spacial score (nSPS) is 11.6. The van der Waals surface area contributed by atoms with Crippen molar-refractivity contribution in [2.45, 2.75) is 19.4 Å². The first-order valence-electron chi connectivity index (χ1n) is 2.59. The van der Waals surface area contributed by atoms with E-state index in [9.17, 15) is 0 Å². The van der Waals surface area contributed by atoms with Crippen molar-refractivity contribution in [3.8, 4) is 0 Å². The van der Waals surface area contributed by atoms with Crippen LogP contribution in [-0.2, 0) is 0 Å². The summed E-state index contributed by atoms with van der Waals surface area (Å²) in [5, 5.41) is 6.48. The molecule has 0 spiro atoms. The van der Waals surface area contributed by atoms with Gasteiger partial charge in [-0.2, -0.15) is 0 Å². The number of rotatable bonds is 3. The zero-order valence-electron chi connectivity index (χ0n) is 5.02. The maximum Gasteiger partial charge on any atom is 0.0868 e. The SMILES string of the molecule is C=CC(CC)N=C=N. The van der Waals surface area contributed by atoms with E-state index in [0.717, 1.165) is 6.42 Å². The zero-order chi connectivity index (χ0) is 6.41. The Balaban J connectivity index is 3.69. The van der Waals surface area contributed by atoms with Crippen molar-refractivity contribution >= 4 is 6.01 Å². The van der Waals surface area contributed by atoms with E-state index in [1.165, 1.54) is 0 Å². The summed E-state index contributed by atoms with van der Waals surface area (Å²) in [5.41, 5.74) is 0. The summed E-state index contributed by atoms with van der Waals surface area (Å²) in [4.78, 5) is 3.66. The Morgan fingerprint density at radius 1 is 2.00 bits per heavy atom. The predicted octanol–water partition coefficient (Wildman–Crippen LogP) is 1.70. The molecule has 1 unspecified atom stereocenters. The summed E-state index contributed by atoms with van der Waals surface area (Å²) in [6, 6.07) is 2.06. The fourth-order valence-corrected chi connectivity index (χ4v) is 0.394. The van der Waals surface area contributed by atoms with E-state index in [1.54, 1.807) is 6.08 Å². The third kappa shape index (κ3) is 2.32. The van der Waals surface area contributed by atoms with E-state index in [1.807, 2.05) is 12.9 Å². The smallest absolute Gasteiger partial charge is 0.0868 e. The molecule has 0 amide bonds. The zero-order valence-corrected chi connectivity index (χ0v) is 5.02. The first-order valence-corrected chi connectivity index (χ1v) is 2.59. The minimum absolute atomic E-state index is 0.0903. The fraction of sp³-hybridized carbons (Fsp3) is 0.500. The quantitative estimate of drug-likeness (QED) is 0.424. The van der Waals surface area contributed by atoms with Crippen LogP contribution in [0.25, 0.3) is 0 Å². The topological polar surface area (TPSA) is 36.2 Å². The Bertz CT molecular complexity index is 112. The Kier molecular flexibility index (Phi) is 3.81. The van der Waals surface area contributed by atoms with E-state index < -0.39 is 0 Å². The third-order valence-electron chi connectivity index (χ3n) is 0.921. The van der Waals surface area contributed by atoms with Crippen LogP contribution in [0.5, 0.6) is 0 Å². The van der Waals surface area contributed by atoms with Crippen molar-refractivity contribution < 1.29 is 0 Å². The molecule has 0 rings (SSSR count). The van der Waals surface area contributed by atoms with Gasteiger partial charge in [0.05, 0.1) is 12.1 Å². The molecule has 0 aliphatic carbocycles. The Morgan fingerprint density at radius 3 is 2.75 bits per heavy atom. The number of nitrogens with zero attached hydrogens (tertiary/aromatic N) is 1. The third-order valence-corrected chi connectivity index (χ3v) is 0.921. The molecular formula is C6H10N2. The second-order valence-corrected chi connectivity index (χ2v) is 1.45. The first kappa shape index (κ1) is 7.12. The van der Waals surface area contributed by atoms with Gasteiger partial charge >= 0.3 is 0 Å². The van der Waals surface area contributed by atoms with Crippen LogP contribution in [0.3, 0.4) is 0 Å². The molecule has 44 valence electrons. The molecule has 0 saturated carbocycles. The molecule has 0 heterocycles. The van der Waals surface area contributed by atoms with Crippen molar-refractivity contribution in [2.24, 2.45) is 4.99 Å². The minimum Gasteiger partial charge on any atom is -0.242 e. The molecule has 0 aromatic heterocycles. The molecule has 0 bridgehead atoms. The molecule has 0 radical (unpaired) electrons. The maximum absolute atomic E-state index is 6.48. The van der Waals surface area contributed by atoms with Crippen LogP contribution < -0.4 is 0 Å². The van der Waals surface area contributed by atoms with E-state index >= 15 is 0 Å². The molecular weight excluding hydrogens is 100 g/mol. The van der Waals surface area contributed by atoms with Gasteiger partial charge < -0.3 is 0 Å². The summed E-state index contributed by atoms with van der Waals surface area (Å²) in [7, 11) is 0. The van der Waals surface area contributed by atoms with Gasteiger partial charge in [-0.05, 0) is 6.42 Å². The highest BCUT2D eigenvalue weighted by Crippen LogP contribution is 1.94. The number of hydrogen-bond donors (Lipinski definition) is 1. The second-order valence-electron chi connectivity index (χ2n) is 1.45. The van der Waals surface area contributed by atoms with Crippen LogP contribution >= 0.6 is 0 Å². The van der Waals surface area contributed by atoms with E-state index in [-0.39, 0.29) is 6.04 Å². The van der Waals surface area contributed by atoms with Crippen molar-refractivity contribution in [1.29, 1.82) is 5.41 Å². The molecule has 0 aliphatic rings. The molecule has 2 heteroatoms. The van der Waals surface area contributed by atoms with Gasteiger partial charge in [0.1, 0.15) is 0 Å². The molecule has 1 atom stereocenters. The van der Waals surface area contributed by atoms with Crippen LogP contribution in [0.15, 0.2) is 17.6 Å². The first-order chi connectivity index (χ1) is 3.85. The molecule has 8 heavy (non-hydrogen) atoms. The van der Waals surface area contributed by atoms with E-state index in [4.69, 9.17) is 5.41 Å². The lowest BCUT2D eigenvalue weighted by atomic mass is 10.2. The van der Waals surface area contributed by atoms with Crippen molar-refractivity contribution in [1.82, 2.24) is 0 Å².